The minimum atomic E-state index is -0.320. The first kappa shape index (κ1) is 21.2. The fourth-order valence-electron chi connectivity index (χ4n) is 5.33. The van der Waals surface area contributed by atoms with Crippen LogP contribution in [0, 0.1) is 11.8 Å². The molecule has 0 aromatic heterocycles. The van der Waals surface area contributed by atoms with E-state index >= 15 is 0 Å². The summed E-state index contributed by atoms with van der Waals surface area (Å²) in [5.74, 6) is 2.36. The third-order valence-electron chi connectivity index (χ3n) is 7.30. The molecule has 3 aliphatic rings. The highest BCUT2D eigenvalue weighted by Gasteiger charge is 2.54. The number of piperidine rings is 2. The van der Waals surface area contributed by atoms with Gasteiger partial charge in [-0.25, -0.2) is 0 Å². The number of fused-ring (bicyclic) bond motifs is 2. The number of methoxy groups -OCH3 is 1. The van der Waals surface area contributed by atoms with E-state index in [1.165, 1.54) is 6.42 Å². The van der Waals surface area contributed by atoms with Gasteiger partial charge < -0.3 is 19.9 Å². The first-order valence-corrected chi connectivity index (χ1v) is 11.3. The first-order chi connectivity index (χ1) is 14.4. The van der Waals surface area contributed by atoms with Crippen LogP contribution in [0.2, 0.25) is 0 Å². The van der Waals surface area contributed by atoms with E-state index in [0.29, 0.717) is 30.2 Å². The van der Waals surface area contributed by atoms with Crippen LogP contribution in [-0.4, -0.2) is 68.5 Å². The smallest absolute Gasteiger partial charge is 0.233 e. The number of hydrogen-bond donors (Lipinski definition) is 1. The Hall–Kier alpha value is -2.08. The summed E-state index contributed by atoms with van der Waals surface area (Å²) in [5.41, 5.74) is 0.805. The fraction of sp³-hybridized carbons (Fsp3) is 0.667. The number of rotatable bonds is 7. The van der Waals surface area contributed by atoms with Crippen LogP contribution in [0.1, 0.15) is 44.1 Å². The van der Waals surface area contributed by atoms with Gasteiger partial charge in [0, 0.05) is 39.6 Å². The molecule has 6 nitrogen and oxygen atoms in total. The van der Waals surface area contributed by atoms with Gasteiger partial charge in [-0.15, -0.1) is 0 Å². The molecule has 3 fully saturated rings. The van der Waals surface area contributed by atoms with Crippen molar-refractivity contribution in [1.82, 2.24) is 15.1 Å². The van der Waals surface area contributed by atoms with Gasteiger partial charge in [0.15, 0.2) is 0 Å². The Morgan fingerprint density at radius 3 is 2.57 bits per heavy atom. The van der Waals surface area contributed by atoms with Crippen molar-refractivity contribution in [3.05, 3.63) is 29.8 Å². The summed E-state index contributed by atoms with van der Waals surface area (Å²) < 4.78 is 5.28. The van der Waals surface area contributed by atoms with Crippen molar-refractivity contribution in [3.8, 4) is 5.75 Å². The highest BCUT2D eigenvalue weighted by molar-refractivity contribution is 5.91. The summed E-state index contributed by atoms with van der Waals surface area (Å²) in [6, 6.07) is 8.44. The maximum absolute atomic E-state index is 13.6. The van der Waals surface area contributed by atoms with Crippen LogP contribution in [0.25, 0.3) is 0 Å². The average Bonchev–Trinajstić information content (AvgIpc) is 3.56. The monoisotopic (exact) mass is 413 g/mol. The lowest BCUT2D eigenvalue weighted by atomic mass is 9.78. The number of nitrogens with zero attached hydrogens (tertiary/aromatic N) is 2. The van der Waals surface area contributed by atoms with Crippen molar-refractivity contribution >= 4 is 11.8 Å². The number of hydrogen-bond acceptors (Lipinski definition) is 4. The fourth-order valence-corrected chi connectivity index (χ4v) is 5.33. The molecule has 2 aliphatic heterocycles. The van der Waals surface area contributed by atoms with E-state index in [4.69, 9.17) is 4.74 Å². The number of benzene rings is 1. The Morgan fingerprint density at radius 1 is 1.20 bits per heavy atom. The van der Waals surface area contributed by atoms with Gasteiger partial charge in [0.05, 0.1) is 12.5 Å². The molecular formula is C24H35N3O3. The number of nitrogens with one attached hydrogen (secondary N) is 1. The van der Waals surface area contributed by atoms with Crippen molar-refractivity contribution in [3.63, 3.8) is 0 Å². The van der Waals surface area contributed by atoms with E-state index in [0.717, 1.165) is 56.6 Å². The van der Waals surface area contributed by atoms with Gasteiger partial charge in [0.1, 0.15) is 5.75 Å². The minimum Gasteiger partial charge on any atom is -0.497 e. The molecule has 2 heterocycles. The van der Waals surface area contributed by atoms with Crippen molar-refractivity contribution in [1.29, 1.82) is 0 Å². The Morgan fingerprint density at radius 2 is 1.93 bits per heavy atom. The van der Waals surface area contributed by atoms with Gasteiger partial charge in [0.25, 0.3) is 0 Å². The third kappa shape index (κ3) is 4.20. The normalized spacial score (nSPS) is 26.8. The van der Waals surface area contributed by atoms with Gasteiger partial charge in [-0.2, -0.15) is 0 Å². The molecule has 164 valence electrons. The zero-order chi connectivity index (χ0) is 21.3. The standard InChI is InChI=1S/C24H35N3O3/c1-26(2)22(28)6-4-5-21-18-13-17(14-25-21)15-27(16-18)23(29)24(11-12-24)19-7-9-20(30-3)10-8-19/h7-10,17-18,21,25H,4-6,11-16H2,1-3H3/t17-,18+,21+/m0/s1. The molecule has 1 saturated carbocycles. The highest BCUT2D eigenvalue weighted by Crippen LogP contribution is 2.50. The van der Waals surface area contributed by atoms with E-state index in [2.05, 4.69) is 22.3 Å². The van der Waals surface area contributed by atoms with Crippen LogP contribution in [0.5, 0.6) is 5.75 Å². The van der Waals surface area contributed by atoms with Crippen LogP contribution in [0.4, 0.5) is 0 Å². The zero-order valence-corrected chi connectivity index (χ0v) is 18.5. The van der Waals surface area contributed by atoms with E-state index < -0.39 is 0 Å². The largest absolute Gasteiger partial charge is 0.497 e. The second-order valence-corrected chi connectivity index (χ2v) is 9.58. The quantitative estimate of drug-likeness (QED) is 0.746. The van der Waals surface area contributed by atoms with Crippen LogP contribution in [-0.2, 0) is 15.0 Å². The van der Waals surface area contributed by atoms with E-state index in [9.17, 15) is 9.59 Å². The summed E-state index contributed by atoms with van der Waals surface area (Å²) in [6.45, 7) is 2.68. The van der Waals surface area contributed by atoms with E-state index in [1.54, 1.807) is 12.0 Å². The number of carbonyl (C=O) groups is 2. The number of likely N-dealkylation sites (tertiary alicyclic amines) is 1. The van der Waals surface area contributed by atoms with E-state index in [1.807, 2.05) is 26.2 Å². The maximum Gasteiger partial charge on any atom is 0.233 e. The molecule has 1 aromatic carbocycles. The average molecular weight is 414 g/mol. The zero-order valence-electron chi connectivity index (χ0n) is 18.5. The Labute approximate surface area is 179 Å². The molecule has 6 heteroatoms. The van der Waals surface area contributed by atoms with Gasteiger partial charge >= 0.3 is 0 Å². The Kier molecular flexibility index (Phi) is 6.05. The molecule has 0 radical (unpaired) electrons. The second-order valence-electron chi connectivity index (χ2n) is 9.58. The predicted molar refractivity (Wildman–Crippen MR) is 116 cm³/mol. The SMILES string of the molecule is COc1ccc(C2(C(=O)N3C[C@@H]4CN[C@H](CCCC(=O)N(C)C)[C@H](C4)C3)CC2)cc1. The van der Waals surface area contributed by atoms with Gasteiger partial charge in [-0.05, 0) is 68.2 Å². The molecule has 3 atom stereocenters. The molecule has 1 aromatic rings. The number of carbonyl (C=O) groups excluding carboxylic acids is 2. The van der Waals surface area contributed by atoms with Crippen molar-refractivity contribution < 1.29 is 14.3 Å². The molecule has 30 heavy (non-hydrogen) atoms. The van der Waals surface area contributed by atoms with Crippen LogP contribution in [0.3, 0.4) is 0 Å². The Bertz CT molecular complexity index is 772. The lowest BCUT2D eigenvalue weighted by molar-refractivity contribution is -0.138. The van der Waals surface area contributed by atoms with Gasteiger partial charge in [-0.1, -0.05) is 12.1 Å². The molecule has 0 unspecified atom stereocenters. The molecule has 2 bridgehead atoms. The molecular weight excluding hydrogens is 378 g/mol. The summed E-state index contributed by atoms with van der Waals surface area (Å²) in [7, 11) is 5.29. The van der Waals surface area contributed by atoms with Crippen molar-refractivity contribution in [2.24, 2.45) is 11.8 Å². The molecule has 0 spiro atoms. The summed E-state index contributed by atoms with van der Waals surface area (Å²) in [5, 5.41) is 3.71. The highest BCUT2D eigenvalue weighted by atomic mass is 16.5. The molecule has 2 amide bonds. The first-order valence-electron chi connectivity index (χ1n) is 11.3. The van der Waals surface area contributed by atoms with Gasteiger partial charge in [-0.3, -0.25) is 9.59 Å². The van der Waals surface area contributed by atoms with Gasteiger partial charge in [0.2, 0.25) is 11.8 Å². The third-order valence-corrected chi connectivity index (χ3v) is 7.30. The number of ether oxygens (including phenoxy) is 1. The predicted octanol–water partition coefficient (Wildman–Crippen LogP) is 2.42. The lowest BCUT2D eigenvalue weighted by Gasteiger charge is -2.47. The molecule has 4 rings (SSSR count). The lowest BCUT2D eigenvalue weighted by Crippen LogP contribution is -2.58. The van der Waals surface area contributed by atoms with Crippen LogP contribution >= 0.6 is 0 Å². The molecule has 2 saturated heterocycles. The molecule has 1 N–H and O–H groups in total. The van der Waals surface area contributed by atoms with Crippen molar-refractivity contribution in [2.75, 3.05) is 40.8 Å². The molecule has 1 aliphatic carbocycles. The maximum atomic E-state index is 13.6. The minimum absolute atomic E-state index is 0.194. The van der Waals surface area contributed by atoms with Crippen LogP contribution in [0.15, 0.2) is 24.3 Å². The Balaban J connectivity index is 1.38. The topological polar surface area (TPSA) is 61.9 Å². The number of amides is 2. The summed E-state index contributed by atoms with van der Waals surface area (Å²) in [6.07, 6.45) is 5.59. The summed E-state index contributed by atoms with van der Waals surface area (Å²) >= 11 is 0. The van der Waals surface area contributed by atoms with Crippen molar-refractivity contribution in [2.45, 2.75) is 50.0 Å². The van der Waals surface area contributed by atoms with Crippen LogP contribution < -0.4 is 10.1 Å². The second kappa shape index (κ2) is 8.58. The summed E-state index contributed by atoms with van der Waals surface area (Å²) in [4.78, 5) is 29.3. The van der Waals surface area contributed by atoms with E-state index in [-0.39, 0.29) is 11.3 Å².